The smallest absolute Gasteiger partial charge is 0.138 e. The van der Waals surface area contributed by atoms with Crippen molar-refractivity contribution in [3.05, 3.63) is 0 Å². The predicted octanol–water partition coefficient (Wildman–Crippen LogP) is 4.08. The second-order valence-corrected chi connectivity index (χ2v) is 6.19. The van der Waals surface area contributed by atoms with Crippen LogP contribution in [-0.4, -0.2) is 19.0 Å². The highest BCUT2D eigenvalue weighted by atomic mass is 16.5. The van der Waals surface area contributed by atoms with Crippen LogP contribution in [0.5, 0.6) is 0 Å². The molecule has 1 saturated carbocycles. The zero-order valence-electron chi connectivity index (χ0n) is 13.0. The summed E-state index contributed by atoms with van der Waals surface area (Å²) in [5.41, 5.74) is 0.163. The third-order valence-corrected chi connectivity index (χ3v) is 5.34. The van der Waals surface area contributed by atoms with Gasteiger partial charge in [-0.05, 0) is 30.6 Å². The van der Waals surface area contributed by atoms with Crippen molar-refractivity contribution < 1.29 is 9.53 Å². The van der Waals surface area contributed by atoms with E-state index in [-0.39, 0.29) is 17.3 Å². The summed E-state index contributed by atoms with van der Waals surface area (Å²) in [5.74, 6) is 1.26. The third kappa shape index (κ3) is 2.49. The summed E-state index contributed by atoms with van der Waals surface area (Å²) >= 11 is 0. The quantitative estimate of drug-likeness (QED) is 0.714. The summed E-state index contributed by atoms with van der Waals surface area (Å²) in [4.78, 5) is 12.4. The minimum Gasteiger partial charge on any atom is -0.381 e. The van der Waals surface area contributed by atoms with Crippen LogP contribution in [-0.2, 0) is 9.53 Å². The number of Topliss-reactive ketones (excluding diaryl/α,β-unsaturated/α-hetero) is 1. The number of hydrogen-bond donors (Lipinski definition) is 0. The molecule has 0 spiro atoms. The Hall–Kier alpha value is -0.370. The highest BCUT2D eigenvalue weighted by Crippen LogP contribution is 2.54. The molecule has 4 atom stereocenters. The normalized spacial score (nSPS) is 33.9. The number of carbonyl (C=O) groups excluding carboxylic acids is 1. The van der Waals surface area contributed by atoms with E-state index in [1.54, 1.807) is 0 Å². The minimum atomic E-state index is 0.141. The maximum Gasteiger partial charge on any atom is 0.138 e. The Bertz CT molecular complexity index is 285. The standard InChI is InChI=1S/C16H30O2/c1-7-13-14(18-6)9-10-16(13,8-2)12(5)15(17)11(3)4/h11-14H,7-10H2,1-6H3/t12-,13-,14+,16-/m0/s1. The van der Waals surface area contributed by atoms with Crippen molar-refractivity contribution in [2.45, 2.75) is 66.4 Å². The van der Waals surface area contributed by atoms with Crippen molar-refractivity contribution in [3.8, 4) is 0 Å². The molecule has 0 N–H and O–H groups in total. The van der Waals surface area contributed by atoms with Gasteiger partial charge in [-0.25, -0.2) is 0 Å². The molecule has 2 heteroatoms. The molecule has 0 amide bonds. The van der Waals surface area contributed by atoms with Gasteiger partial charge in [0, 0.05) is 18.9 Å². The van der Waals surface area contributed by atoms with E-state index in [1.807, 2.05) is 21.0 Å². The molecule has 0 radical (unpaired) electrons. The van der Waals surface area contributed by atoms with Gasteiger partial charge in [0.15, 0.2) is 0 Å². The monoisotopic (exact) mass is 254 g/mol. The van der Waals surface area contributed by atoms with Crippen LogP contribution in [0.15, 0.2) is 0 Å². The van der Waals surface area contributed by atoms with Crippen molar-refractivity contribution in [1.29, 1.82) is 0 Å². The summed E-state index contributed by atoms with van der Waals surface area (Å²) in [6, 6.07) is 0. The first-order valence-electron chi connectivity index (χ1n) is 7.51. The van der Waals surface area contributed by atoms with Gasteiger partial charge in [-0.1, -0.05) is 41.0 Å². The molecule has 2 nitrogen and oxygen atoms in total. The molecule has 0 aromatic rings. The Kier molecular flexibility index (Phi) is 5.39. The van der Waals surface area contributed by atoms with Gasteiger partial charge < -0.3 is 4.74 Å². The van der Waals surface area contributed by atoms with E-state index >= 15 is 0 Å². The number of rotatable bonds is 6. The molecule has 0 unspecified atom stereocenters. The Labute approximate surface area is 112 Å². The van der Waals surface area contributed by atoms with Crippen LogP contribution in [0.1, 0.15) is 60.3 Å². The first-order chi connectivity index (χ1) is 8.44. The van der Waals surface area contributed by atoms with E-state index in [0.29, 0.717) is 17.8 Å². The molecular weight excluding hydrogens is 224 g/mol. The van der Waals surface area contributed by atoms with Gasteiger partial charge in [-0.2, -0.15) is 0 Å². The predicted molar refractivity (Wildman–Crippen MR) is 75.5 cm³/mol. The second-order valence-electron chi connectivity index (χ2n) is 6.19. The van der Waals surface area contributed by atoms with Crippen LogP contribution in [0.3, 0.4) is 0 Å². The lowest BCUT2D eigenvalue weighted by molar-refractivity contribution is -0.131. The molecule has 0 bridgehead atoms. The summed E-state index contributed by atoms with van der Waals surface area (Å²) in [7, 11) is 1.81. The van der Waals surface area contributed by atoms with E-state index in [2.05, 4.69) is 20.8 Å². The molecule has 106 valence electrons. The van der Waals surface area contributed by atoms with Gasteiger partial charge in [-0.15, -0.1) is 0 Å². The number of ketones is 1. The van der Waals surface area contributed by atoms with Crippen LogP contribution in [0.4, 0.5) is 0 Å². The highest BCUT2D eigenvalue weighted by molar-refractivity contribution is 5.83. The fourth-order valence-corrected chi connectivity index (χ4v) is 4.19. The van der Waals surface area contributed by atoms with Crippen LogP contribution < -0.4 is 0 Å². The maximum atomic E-state index is 12.4. The summed E-state index contributed by atoms with van der Waals surface area (Å²) in [5, 5.41) is 0. The van der Waals surface area contributed by atoms with E-state index in [0.717, 1.165) is 25.7 Å². The van der Waals surface area contributed by atoms with E-state index in [4.69, 9.17) is 4.74 Å². The number of hydrogen-bond acceptors (Lipinski definition) is 2. The van der Waals surface area contributed by atoms with E-state index in [9.17, 15) is 4.79 Å². The average molecular weight is 254 g/mol. The molecule has 0 aliphatic heterocycles. The third-order valence-electron chi connectivity index (χ3n) is 5.34. The van der Waals surface area contributed by atoms with Gasteiger partial charge in [0.25, 0.3) is 0 Å². The van der Waals surface area contributed by atoms with Crippen molar-refractivity contribution in [2.24, 2.45) is 23.2 Å². The topological polar surface area (TPSA) is 26.3 Å². The van der Waals surface area contributed by atoms with E-state index < -0.39 is 0 Å². The molecule has 0 aromatic heterocycles. The van der Waals surface area contributed by atoms with Crippen LogP contribution in [0.25, 0.3) is 0 Å². The summed E-state index contributed by atoms with van der Waals surface area (Å²) in [6.07, 6.45) is 4.79. The van der Waals surface area contributed by atoms with Crippen LogP contribution >= 0.6 is 0 Å². The average Bonchev–Trinajstić information content (AvgIpc) is 2.75. The lowest BCUT2D eigenvalue weighted by Gasteiger charge is -2.41. The van der Waals surface area contributed by atoms with Crippen LogP contribution in [0.2, 0.25) is 0 Å². The Morgan fingerprint density at radius 1 is 1.33 bits per heavy atom. The SMILES string of the molecule is CC[C@H]1[C@H](OC)CC[C@@]1(CC)[C@@H](C)C(=O)C(C)C. The highest BCUT2D eigenvalue weighted by Gasteiger charge is 2.51. The fraction of sp³-hybridized carbons (Fsp3) is 0.938. The first-order valence-corrected chi connectivity index (χ1v) is 7.51. The Balaban J connectivity index is 3.01. The zero-order chi connectivity index (χ0) is 13.9. The van der Waals surface area contributed by atoms with Gasteiger partial charge >= 0.3 is 0 Å². The van der Waals surface area contributed by atoms with E-state index in [1.165, 1.54) is 0 Å². The lowest BCUT2D eigenvalue weighted by Crippen LogP contribution is -2.41. The maximum absolute atomic E-state index is 12.4. The second kappa shape index (κ2) is 6.18. The lowest BCUT2D eigenvalue weighted by atomic mass is 9.63. The largest absolute Gasteiger partial charge is 0.381 e. The van der Waals surface area contributed by atoms with Crippen molar-refractivity contribution in [3.63, 3.8) is 0 Å². The van der Waals surface area contributed by atoms with Gasteiger partial charge in [0.2, 0.25) is 0 Å². The molecular formula is C16H30O2. The molecule has 1 fully saturated rings. The molecule has 1 aliphatic rings. The molecule has 1 aliphatic carbocycles. The van der Waals surface area contributed by atoms with Crippen molar-refractivity contribution >= 4 is 5.78 Å². The zero-order valence-corrected chi connectivity index (χ0v) is 13.0. The van der Waals surface area contributed by atoms with Crippen LogP contribution in [0, 0.1) is 23.2 Å². The van der Waals surface area contributed by atoms with Gasteiger partial charge in [-0.3, -0.25) is 4.79 Å². The summed E-state index contributed by atoms with van der Waals surface area (Å²) in [6.45, 7) is 10.7. The molecule has 18 heavy (non-hydrogen) atoms. The Morgan fingerprint density at radius 3 is 2.33 bits per heavy atom. The number of carbonyl (C=O) groups is 1. The van der Waals surface area contributed by atoms with Gasteiger partial charge in [0.1, 0.15) is 5.78 Å². The summed E-state index contributed by atoms with van der Waals surface area (Å²) < 4.78 is 5.65. The van der Waals surface area contributed by atoms with Gasteiger partial charge in [0.05, 0.1) is 6.10 Å². The fourth-order valence-electron chi connectivity index (χ4n) is 4.19. The number of ether oxygens (including phenoxy) is 1. The minimum absolute atomic E-state index is 0.141. The van der Waals surface area contributed by atoms with Crippen molar-refractivity contribution in [2.75, 3.05) is 7.11 Å². The molecule has 0 saturated heterocycles. The number of methoxy groups -OCH3 is 1. The molecule has 0 aromatic carbocycles. The van der Waals surface area contributed by atoms with Crippen molar-refractivity contribution in [1.82, 2.24) is 0 Å². The molecule has 0 heterocycles. The Morgan fingerprint density at radius 2 is 1.94 bits per heavy atom. The first kappa shape index (κ1) is 15.7. The molecule has 1 rings (SSSR count).